The predicted molar refractivity (Wildman–Crippen MR) is 79.3 cm³/mol. The summed E-state index contributed by atoms with van der Waals surface area (Å²) in [4.78, 5) is 24.9. The fourth-order valence-corrected chi connectivity index (χ4v) is 1.55. The summed E-state index contributed by atoms with van der Waals surface area (Å²) in [6, 6.07) is 6.73. The van der Waals surface area contributed by atoms with Gasteiger partial charge in [-0.1, -0.05) is 6.92 Å². The van der Waals surface area contributed by atoms with Crippen molar-refractivity contribution < 1.29 is 14.7 Å². The number of hydrogen-bond donors (Lipinski definition) is 3. The molecule has 1 atom stereocenters. The van der Waals surface area contributed by atoms with Crippen molar-refractivity contribution in [2.45, 2.75) is 25.8 Å². The highest BCUT2D eigenvalue weighted by atomic mass is 16.4. The summed E-state index contributed by atoms with van der Waals surface area (Å²) in [5, 5.41) is 14.2. The van der Waals surface area contributed by atoms with Crippen molar-refractivity contribution in [2.75, 3.05) is 24.3 Å². The Bertz CT molecular complexity index is 485. The van der Waals surface area contributed by atoms with Crippen LogP contribution in [-0.2, 0) is 4.79 Å². The number of aliphatic carboxylic acids is 1. The summed E-state index contributed by atoms with van der Waals surface area (Å²) in [6.45, 7) is 3.18. The lowest BCUT2D eigenvalue weighted by Gasteiger charge is -2.24. The molecule has 1 aromatic rings. The van der Waals surface area contributed by atoms with Crippen LogP contribution in [-0.4, -0.2) is 36.7 Å². The van der Waals surface area contributed by atoms with Crippen molar-refractivity contribution in [1.82, 2.24) is 5.32 Å². The van der Waals surface area contributed by atoms with Gasteiger partial charge in [0, 0.05) is 25.5 Å². The highest BCUT2D eigenvalue weighted by Gasteiger charge is 2.32. The number of carbonyl (C=O) groups is 2. The Morgan fingerprint density at radius 2 is 1.80 bits per heavy atom. The largest absolute Gasteiger partial charge is 0.480 e. The van der Waals surface area contributed by atoms with Crippen LogP contribution >= 0.6 is 0 Å². The number of urea groups is 1. The number of anilines is 2. The fourth-order valence-electron chi connectivity index (χ4n) is 1.55. The monoisotopic (exact) mass is 279 g/mol. The number of benzene rings is 1. The Balaban J connectivity index is 2.69. The third-order valence-corrected chi connectivity index (χ3v) is 3.21. The molecule has 20 heavy (non-hydrogen) atoms. The predicted octanol–water partition coefficient (Wildman–Crippen LogP) is 2.13. The number of amides is 2. The lowest BCUT2D eigenvalue weighted by molar-refractivity contribution is -0.143. The van der Waals surface area contributed by atoms with E-state index < -0.39 is 17.5 Å². The van der Waals surface area contributed by atoms with Gasteiger partial charge in [0.05, 0.1) is 0 Å². The van der Waals surface area contributed by atoms with Crippen LogP contribution in [0.3, 0.4) is 0 Å². The molecule has 6 heteroatoms. The van der Waals surface area contributed by atoms with E-state index >= 15 is 0 Å². The number of nitrogens with zero attached hydrogens (tertiary/aromatic N) is 1. The summed E-state index contributed by atoms with van der Waals surface area (Å²) in [5.74, 6) is -1.06. The number of hydrogen-bond acceptors (Lipinski definition) is 3. The van der Waals surface area contributed by atoms with Gasteiger partial charge in [0.1, 0.15) is 5.54 Å². The number of rotatable bonds is 5. The topological polar surface area (TPSA) is 81.7 Å². The second-order valence-corrected chi connectivity index (χ2v) is 5.01. The van der Waals surface area contributed by atoms with E-state index in [0.29, 0.717) is 12.1 Å². The van der Waals surface area contributed by atoms with Crippen LogP contribution < -0.4 is 15.5 Å². The maximum Gasteiger partial charge on any atom is 0.329 e. The average molecular weight is 279 g/mol. The van der Waals surface area contributed by atoms with E-state index in [0.717, 1.165) is 5.69 Å². The Morgan fingerprint density at radius 1 is 1.25 bits per heavy atom. The molecule has 0 aliphatic heterocycles. The minimum absolute atomic E-state index is 0.301. The first-order valence-corrected chi connectivity index (χ1v) is 6.38. The third kappa shape index (κ3) is 3.88. The van der Waals surface area contributed by atoms with Gasteiger partial charge >= 0.3 is 12.0 Å². The molecule has 1 rings (SSSR count). The summed E-state index contributed by atoms with van der Waals surface area (Å²) in [5.41, 5.74) is 0.352. The van der Waals surface area contributed by atoms with Gasteiger partial charge in [-0.05, 0) is 37.6 Å². The van der Waals surface area contributed by atoms with Crippen LogP contribution in [0, 0.1) is 0 Å². The molecule has 110 valence electrons. The second kappa shape index (κ2) is 6.27. The van der Waals surface area contributed by atoms with E-state index in [1.807, 2.05) is 31.1 Å². The molecular formula is C14H21N3O3. The standard InChI is InChI=1S/C14H21N3O3/c1-5-14(2,12(18)19)16-13(20)15-10-6-8-11(9-7-10)17(3)4/h6-9H,5H2,1-4H3,(H,18,19)(H2,15,16,20). The molecule has 0 saturated carbocycles. The Kier molecular flexibility index (Phi) is 4.96. The first kappa shape index (κ1) is 15.8. The van der Waals surface area contributed by atoms with Gasteiger partial charge in [-0.15, -0.1) is 0 Å². The minimum atomic E-state index is -1.27. The summed E-state index contributed by atoms with van der Waals surface area (Å²) in [7, 11) is 3.85. The van der Waals surface area contributed by atoms with Crippen molar-refractivity contribution in [2.24, 2.45) is 0 Å². The van der Waals surface area contributed by atoms with E-state index in [4.69, 9.17) is 5.11 Å². The minimum Gasteiger partial charge on any atom is -0.480 e. The van der Waals surface area contributed by atoms with Crippen molar-refractivity contribution in [1.29, 1.82) is 0 Å². The number of carbonyl (C=O) groups excluding carboxylic acids is 1. The molecule has 0 aromatic heterocycles. The zero-order valence-electron chi connectivity index (χ0n) is 12.2. The molecule has 0 radical (unpaired) electrons. The van der Waals surface area contributed by atoms with Gasteiger partial charge in [0.25, 0.3) is 0 Å². The molecule has 0 aliphatic carbocycles. The Hall–Kier alpha value is -2.24. The average Bonchev–Trinajstić information content (AvgIpc) is 2.38. The molecule has 2 amide bonds. The van der Waals surface area contributed by atoms with Crippen LogP contribution in [0.5, 0.6) is 0 Å². The highest BCUT2D eigenvalue weighted by Crippen LogP contribution is 2.16. The molecule has 0 fully saturated rings. The van der Waals surface area contributed by atoms with Gasteiger partial charge in [-0.3, -0.25) is 0 Å². The zero-order chi connectivity index (χ0) is 15.3. The van der Waals surface area contributed by atoms with E-state index in [9.17, 15) is 9.59 Å². The number of nitrogens with one attached hydrogen (secondary N) is 2. The van der Waals surface area contributed by atoms with Crippen LogP contribution in [0.25, 0.3) is 0 Å². The van der Waals surface area contributed by atoms with Crippen molar-refractivity contribution >= 4 is 23.4 Å². The molecule has 1 aromatic carbocycles. The first-order valence-electron chi connectivity index (χ1n) is 6.38. The second-order valence-electron chi connectivity index (χ2n) is 5.01. The molecule has 0 aliphatic rings. The molecule has 0 bridgehead atoms. The quantitative estimate of drug-likeness (QED) is 0.771. The number of carboxylic acid groups (broad SMARTS) is 1. The molecular weight excluding hydrogens is 258 g/mol. The smallest absolute Gasteiger partial charge is 0.329 e. The van der Waals surface area contributed by atoms with Crippen LogP contribution in [0.1, 0.15) is 20.3 Å². The lowest BCUT2D eigenvalue weighted by atomic mass is 10.00. The molecule has 0 heterocycles. The molecule has 0 spiro atoms. The molecule has 1 unspecified atom stereocenters. The Labute approximate surface area is 118 Å². The van der Waals surface area contributed by atoms with Gasteiger partial charge in [0.15, 0.2) is 0 Å². The van der Waals surface area contributed by atoms with Crippen LogP contribution in [0.15, 0.2) is 24.3 Å². The SMILES string of the molecule is CCC(C)(NC(=O)Nc1ccc(N(C)C)cc1)C(=O)O. The van der Waals surface area contributed by atoms with Gasteiger partial charge in [0.2, 0.25) is 0 Å². The Morgan fingerprint density at radius 3 is 2.20 bits per heavy atom. The fraction of sp³-hybridized carbons (Fsp3) is 0.429. The molecule has 6 nitrogen and oxygen atoms in total. The molecule has 0 saturated heterocycles. The van der Waals surface area contributed by atoms with E-state index in [1.165, 1.54) is 6.92 Å². The third-order valence-electron chi connectivity index (χ3n) is 3.21. The summed E-state index contributed by atoms with van der Waals surface area (Å²) in [6.07, 6.45) is 0.301. The maximum absolute atomic E-state index is 11.8. The zero-order valence-corrected chi connectivity index (χ0v) is 12.2. The van der Waals surface area contributed by atoms with Gasteiger partial charge < -0.3 is 20.6 Å². The highest BCUT2D eigenvalue weighted by molar-refractivity contribution is 5.93. The van der Waals surface area contributed by atoms with E-state index in [-0.39, 0.29) is 0 Å². The summed E-state index contributed by atoms with van der Waals surface area (Å²) >= 11 is 0. The lowest BCUT2D eigenvalue weighted by Crippen LogP contribution is -2.53. The van der Waals surface area contributed by atoms with Gasteiger partial charge in [-0.25, -0.2) is 9.59 Å². The van der Waals surface area contributed by atoms with E-state index in [2.05, 4.69) is 10.6 Å². The maximum atomic E-state index is 11.8. The van der Waals surface area contributed by atoms with Gasteiger partial charge in [-0.2, -0.15) is 0 Å². The van der Waals surface area contributed by atoms with Crippen molar-refractivity contribution in [3.8, 4) is 0 Å². The van der Waals surface area contributed by atoms with Crippen molar-refractivity contribution in [3.05, 3.63) is 24.3 Å². The van der Waals surface area contributed by atoms with E-state index in [1.54, 1.807) is 19.1 Å². The summed E-state index contributed by atoms with van der Waals surface area (Å²) < 4.78 is 0. The van der Waals surface area contributed by atoms with Crippen molar-refractivity contribution in [3.63, 3.8) is 0 Å². The van der Waals surface area contributed by atoms with Crippen LogP contribution in [0.2, 0.25) is 0 Å². The van der Waals surface area contributed by atoms with Crippen LogP contribution in [0.4, 0.5) is 16.2 Å². The number of carboxylic acids is 1. The molecule has 3 N–H and O–H groups in total. The normalized spacial score (nSPS) is 13.2. The first-order chi connectivity index (χ1) is 9.28.